The van der Waals surface area contributed by atoms with Gasteiger partial charge in [0, 0.05) is 11.1 Å². The van der Waals surface area contributed by atoms with Crippen molar-refractivity contribution in [3.05, 3.63) is 70.1 Å². The van der Waals surface area contributed by atoms with Gasteiger partial charge in [0.15, 0.2) is 11.5 Å². The highest BCUT2D eigenvalue weighted by Crippen LogP contribution is 2.41. The number of carbonyl (C=O) groups is 2. The van der Waals surface area contributed by atoms with Crippen LogP contribution in [0.3, 0.4) is 0 Å². The van der Waals surface area contributed by atoms with Crippen LogP contribution in [-0.4, -0.2) is 48.3 Å². The Morgan fingerprint density at radius 2 is 1.59 bits per heavy atom. The minimum absolute atomic E-state index is 0. The number of halogens is 1. The Hall–Kier alpha value is -4.25. The van der Waals surface area contributed by atoms with Crippen LogP contribution in [0.2, 0.25) is 0 Å². The molecule has 2 aromatic carbocycles. The summed E-state index contributed by atoms with van der Waals surface area (Å²) in [6.45, 7) is 7.91. The molecule has 2 atom stereocenters. The van der Waals surface area contributed by atoms with Gasteiger partial charge in [0.2, 0.25) is 0 Å². The summed E-state index contributed by atoms with van der Waals surface area (Å²) in [5.41, 5.74) is 8.85. The Labute approximate surface area is 217 Å². The number of fused-ring (bicyclic) bond motifs is 4. The summed E-state index contributed by atoms with van der Waals surface area (Å²) in [4.78, 5) is 25.7. The number of alkyl carbamates (subject to hydrolysis) is 2. The maximum absolute atomic E-state index is 11.2. The number of benzene rings is 2. The van der Waals surface area contributed by atoms with Gasteiger partial charge < -0.3 is 41.0 Å². The van der Waals surface area contributed by atoms with Crippen molar-refractivity contribution in [2.75, 3.05) is 19.8 Å². The van der Waals surface area contributed by atoms with E-state index in [1.165, 1.54) is 0 Å². The van der Waals surface area contributed by atoms with Crippen LogP contribution in [-0.2, 0) is 27.0 Å². The Morgan fingerprint density at radius 3 is 2.19 bits per heavy atom. The fourth-order valence-electron chi connectivity index (χ4n) is 4.76. The van der Waals surface area contributed by atoms with Crippen molar-refractivity contribution in [1.82, 2.24) is 10.6 Å². The molecule has 13 nitrogen and oxygen atoms in total. The Bertz CT molecular complexity index is 1280. The largest absolute Gasteiger partial charge is 0.492 e. The highest BCUT2D eigenvalue weighted by Gasteiger charge is 2.48. The van der Waals surface area contributed by atoms with E-state index < -0.39 is 17.2 Å². The number of hydrogen-bond acceptors (Lipinski definition) is 9. The first-order valence-electron chi connectivity index (χ1n) is 10.8. The van der Waals surface area contributed by atoms with E-state index in [0.717, 1.165) is 29.5 Å². The molecule has 2 aromatic rings. The number of amides is 2. The zero-order valence-corrected chi connectivity index (χ0v) is 20.2. The lowest BCUT2D eigenvalue weighted by Gasteiger charge is -2.21. The summed E-state index contributed by atoms with van der Waals surface area (Å²) in [6, 6.07) is 10.8. The van der Waals surface area contributed by atoms with Crippen molar-refractivity contribution in [3.8, 4) is 5.75 Å². The molecule has 14 heteroatoms. The van der Waals surface area contributed by atoms with E-state index in [-0.39, 0.29) is 30.9 Å². The molecular weight excluding hydrogens is 508 g/mol. The maximum atomic E-state index is 11.2. The first-order chi connectivity index (χ1) is 17.4. The van der Waals surface area contributed by atoms with Crippen LogP contribution in [0.4, 0.5) is 15.3 Å². The number of cyclic esters (lactones) is 2. The number of nitrogens with one attached hydrogen (secondary N) is 2. The number of nitrogens with zero attached hydrogens (tertiary/aromatic N) is 2. The fraction of sp³-hybridized carbons (Fsp3) is 0.304. The predicted octanol–water partition coefficient (Wildman–Crippen LogP) is 1.98. The fourth-order valence-corrected chi connectivity index (χ4v) is 4.76. The lowest BCUT2D eigenvalue weighted by atomic mass is 9.93. The number of aryl methyl sites for hydroxylation is 1. The van der Waals surface area contributed by atoms with Gasteiger partial charge in [0.05, 0.1) is 6.57 Å². The first-order valence-corrected chi connectivity index (χ1v) is 10.8. The number of carbonyl (C=O) groups excluding carboxylic acids is 2. The molecule has 1 aliphatic carbocycles. The Morgan fingerprint density at radius 1 is 0.973 bits per heavy atom. The second-order valence-corrected chi connectivity index (χ2v) is 8.50. The summed E-state index contributed by atoms with van der Waals surface area (Å²) in [5.74, 6) is 4.24. The average molecular weight is 533 g/mol. The number of hydrogen-bond donors (Lipinski definition) is 6. The lowest BCUT2D eigenvalue weighted by molar-refractivity contribution is 0.166. The molecule has 2 spiro atoms. The van der Waals surface area contributed by atoms with Crippen LogP contribution in [0.15, 0.2) is 41.6 Å². The van der Waals surface area contributed by atoms with Gasteiger partial charge in [0.25, 0.3) is 0 Å². The summed E-state index contributed by atoms with van der Waals surface area (Å²) in [7, 11) is 0. The van der Waals surface area contributed by atoms with Crippen molar-refractivity contribution < 1.29 is 34.2 Å². The van der Waals surface area contributed by atoms with Crippen molar-refractivity contribution >= 4 is 36.1 Å². The molecule has 3 aliphatic heterocycles. The molecule has 196 valence electrons. The van der Waals surface area contributed by atoms with Crippen LogP contribution < -0.4 is 27.0 Å². The molecule has 37 heavy (non-hydrogen) atoms. The van der Waals surface area contributed by atoms with Crippen molar-refractivity contribution in [1.29, 1.82) is 0 Å². The summed E-state index contributed by atoms with van der Waals surface area (Å²) >= 11 is 0. The third-order valence-electron chi connectivity index (χ3n) is 6.51. The van der Waals surface area contributed by atoms with Crippen molar-refractivity contribution in [2.24, 2.45) is 16.8 Å². The lowest BCUT2D eigenvalue weighted by Crippen LogP contribution is -2.41. The van der Waals surface area contributed by atoms with E-state index in [1.807, 2.05) is 18.2 Å². The molecule has 0 bridgehead atoms. The molecule has 6 rings (SSSR count). The first kappa shape index (κ1) is 27.3. The highest BCUT2D eigenvalue weighted by molar-refractivity contribution is 5.97. The van der Waals surface area contributed by atoms with Crippen LogP contribution in [0.25, 0.3) is 4.85 Å². The smallest absolute Gasteiger partial charge is 0.408 e. The van der Waals surface area contributed by atoms with Crippen LogP contribution >= 0.6 is 12.4 Å². The van der Waals surface area contributed by atoms with Gasteiger partial charge in [-0.2, -0.15) is 0 Å². The second kappa shape index (κ2) is 10.8. The highest BCUT2D eigenvalue weighted by atomic mass is 35.5. The van der Waals surface area contributed by atoms with E-state index in [4.69, 9.17) is 36.9 Å². The molecule has 2 unspecified atom stereocenters. The topological polar surface area (TPSA) is 195 Å². The van der Waals surface area contributed by atoms with E-state index in [9.17, 15) is 9.59 Å². The molecule has 2 saturated heterocycles. The molecule has 0 radical (unpaired) electrons. The molecule has 2 amide bonds. The number of oxime groups is 1. The number of rotatable bonds is 1. The molecule has 8 N–H and O–H groups in total. The third kappa shape index (κ3) is 4.90. The Kier molecular flexibility index (Phi) is 7.97. The normalized spacial score (nSPS) is 23.9. The summed E-state index contributed by atoms with van der Waals surface area (Å²) in [6.07, 6.45) is 0.855. The quantitative estimate of drug-likeness (QED) is 0.105. The van der Waals surface area contributed by atoms with Gasteiger partial charge in [-0.25, -0.2) is 20.3 Å². The van der Waals surface area contributed by atoms with Gasteiger partial charge in [-0.1, -0.05) is 29.4 Å². The number of nitrogens with two attached hydrogens (primary N) is 2. The van der Waals surface area contributed by atoms with E-state index in [2.05, 4.69) is 26.5 Å². The molecule has 0 aromatic heterocycles. The third-order valence-corrected chi connectivity index (χ3v) is 6.51. The van der Waals surface area contributed by atoms with Crippen molar-refractivity contribution in [2.45, 2.75) is 23.9 Å². The average Bonchev–Trinajstić information content (AvgIpc) is 3.68. The van der Waals surface area contributed by atoms with E-state index in [0.29, 0.717) is 30.2 Å². The summed E-state index contributed by atoms with van der Waals surface area (Å²) < 4.78 is 15.4. The standard InChI is InChI=1S/C12H13N3O3.C11H8N2O3.ClH.H3NO/c13-10(15-17)8-1-2-9-7(5-8)3-4-12(9)6-18-11(16)14-12;1-12-7-2-3-8-9(4-7)15-5-11(8)6-16-10(14)13-11;;1-2/h1-2,5,17H,3-4,6H2,(H2,13,15)(H,14,16);2-4H,5-6H2,(H,13,14);1H;2H,1H2. The van der Waals surface area contributed by atoms with Gasteiger partial charge >= 0.3 is 12.2 Å². The second-order valence-electron chi connectivity index (χ2n) is 8.50. The molecule has 0 saturated carbocycles. The van der Waals surface area contributed by atoms with Crippen LogP contribution in [0.1, 0.15) is 28.7 Å². The van der Waals surface area contributed by atoms with E-state index >= 15 is 0 Å². The van der Waals surface area contributed by atoms with Crippen molar-refractivity contribution in [3.63, 3.8) is 0 Å². The summed E-state index contributed by atoms with van der Waals surface area (Å²) in [5, 5.41) is 23.8. The molecular formula is C23H25ClN6O7. The zero-order chi connectivity index (χ0) is 25.9. The SMILES string of the molecule is Cl.NC(=NO)c1ccc2c(c1)CCC21COC(=O)N1.NO.[C-]#[N+]c1ccc2c(c1)OCC21COC(=O)N1. The number of amidine groups is 1. The zero-order valence-electron chi connectivity index (χ0n) is 19.4. The molecule has 4 aliphatic rings. The van der Waals surface area contributed by atoms with Gasteiger partial charge in [-0.3, -0.25) is 0 Å². The van der Waals surface area contributed by atoms with Crippen LogP contribution in [0.5, 0.6) is 5.75 Å². The minimum Gasteiger partial charge on any atom is -0.492 e. The van der Waals surface area contributed by atoms with Gasteiger partial charge in [-0.05, 0) is 36.1 Å². The van der Waals surface area contributed by atoms with Crippen LogP contribution in [0, 0.1) is 6.57 Å². The van der Waals surface area contributed by atoms with Gasteiger partial charge in [-0.15, -0.1) is 12.4 Å². The van der Waals surface area contributed by atoms with E-state index in [1.54, 1.807) is 18.2 Å². The molecule has 3 heterocycles. The van der Waals surface area contributed by atoms with Gasteiger partial charge in [0.1, 0.15) is 36.6 Å². The Balaban J connectivity index is 0.000000189. The minimum atomic E-state index is -0.563. The number of ether oxygens (including phenoxy) is 3. The maximum Gasteiger partial charge on any atom is 0.408 e. The monoisotopic (exact) mass is 532 g/mol. The molecule has 2 fully saturated rings. The predicted molar refractivity (Wildman–Crippen MR) is 131 cm³/mol.